The number of sulfonamides is 1. The number of nitrogens with one attached hydrogen (secondary N) is 1. The summed E-state index contributed by atoms with van der Waals surface area (Å²) < 4.78 is 26.1. The molecule has 5 nitrogen and oxygen atoms in total. The van der Waals surface area contributed by atoms with Crippen LogP contribution in [0.15, 0.2) is 72.8 Å². The monoisotopic (exact) mass is 450 g/mol. The second kappa shape index (κ2) is 10.5. The number of amides is 1. The largest absolute Gasteiger partial charge is 0.322 e. The van der Waals surface area contributed by atoms with Crippen LogP contribution >= 0.6 is 0 Å². The van der Waals surface area contributed by atoms with Crippen LogP contribution in [-0.2, 0) is 23.0 Å². The Hall–Kier alpha value is -3.12. The summed E-state index contributed by atoms with van der Waals surface area (Å²) in [5, 5.41) is 2.91. The summed E-state index contributed by atoms with van der Waals surface area (Å²) in [4.78, 5) is 12.6. The molecule has 0 aromatic heterocycles. The van der Waals surface area contributed by atoms with E-state index in [1.165, 1.54) is 16.1 Å². The maximum absolute atomic E-state index is 12.6. The number of unbranched alkanes of at least 4 members (excludes halogenated alkanes) is 1. The number of nitrogens with zero attached hydrogens (tertiary/aromatic N) is 1. The van der Waals surface area contributed by atoms with Gasteiger partial charge >= 0.3 is 0 Å². The van der Waals surface area contributed by atoms with E-state index in [4.69, 9.17) is 0 Å². The molecule has 0 saturated carbocycles. The molecular weight excluding hydrogens is 420 g/mol. The van der Waals surface area contributed by atoms with Crippen LogP contribution in [0.3, 0.4) is 0 Å². The van der Waals surface area contributed by atoms with Crippen molar-refractivity contribution in [2.24, 2.45) is 0 Å². The Bertz CT molecular complexity index is 1150. The number of rotatable bonds is 9. The van der Waals surface area contributed by atoms with Crippen LogP contribution < -0.4 is 9.62 Å². The zero-order valence-corrected chi connectivity index (χ0v) is 19.7. The van der Waals surface area contributed by atoms with E-state index in [1.807, 2.05) is 49.4 Å². The van der Waals surface area contributed by atoms with Crippen LogP contribution in [-0.4, -0.2) is 20.6 Å². The quantitative estimate of drug-likeness (QED) is 0.464. The fourth-order valence-electron chi connectivity index (χ4n) is 3.45. The molecule has 168 valence electrons. The van der Waals surface area contributed by atoms with E-state index in [-0.39, 0.29) is 12.5 Å². The predicted molar refractivity (Wildman–Crippen MR) is 132 cm³/mol. The third kappa shape index (κ3) is 6.44. The lowest BCUT2D eigenvalue weighted by Crippen LogP contribution is -2.29. The first-order valence-corrected chi connectivity index (χ1v) is 12.6. The molecule has 0 aliphatic heterocycles. The molecule has 0 atom stereocenters. The molecule has 1 N–H and O–H groups in total. The van der Waals surface area contributed by atoms with Gasteiger partial charge in [-0.2, -0.15) is 0 Å². The highest BCUT2D eigenvalue weighted by molar-refractivity contribution is 7.92. The number of carbonyl (C=O) groups is 1. The average molecular weight is 451 g/mol. The normalized spacial score (nSPS) is 11.2. The number of anilines is 2. The van der Waals surface area contributed by atoms with Crippen molar-refractivity contribution in [1.29, 1.82) is 0 Å². The summed E-state index contributed by atoms with van der Waals surface area (Å²) in [5.74, 6) is -0.198. The van der Waals surface area contributed by atoms with Gasteiger partial charge < -0.3 is 5.32 Å². The van der Waals surface area contributed by atoms with Crippen LogP contribution in [0.4, 0.5) is 11.4 Å². The average Bonchev–Trinajstić information content (AvgIpc) is 2.76. The molecule has 0 aliphatic rings. The Morgan fingerprint density at radius 3 is 2.19 bits per heavy atom. The van der Waals surface area contributed by atoms with Gasteiger partial charge in [0.05, 0.1) is 18.5 Å². The molecule has 0 spiro atoms. The van der Waals surface area contributed by atoms with Crippen molar-refractivity contribution in [3.05, 3.63) is 95.1 Å². The Balaban J connectivity index is 1.69. The Morgan fingerprint density at radius 2 is 1.59 bits per heavy atom. The minimum Gasteiger partial charge on any atom is -0.322 e. The van der Waals surface area contributed by atoms with Gasteiger partial charge in [0.25, 0.3) is 5.91 Å². The van der Waals surface area contributed by atoms with Crippen molar-refractivity contribution >= 4 is 27.3 Å². The van der Waals surface area contributed by atoms with Crippen molar-refractivity contribution in [2.75, 3.05) is 15.9 Å². The molecule has 3 aromatic carbocycles. The minimum absolute atomic E-state index is 0.198. The van der Waals surface area contributed by atoms with E-state index in [0.29, 0.717) is 11.3 Å². The van der Waals surface area contributed by atoms with Gasteiger partial charge in [-0.25, -0.2) is 8.42 Å². The summed E-state index contributed by atoms with van der Waals surface area (Å²) >= 11 is 0. The molecule has 32 heavy (non-hydrogen) atoms. The van der Waals surface area contributed by atoms with E-state index in [0.717, 1.165) is 36.1 Å². The van der Waals surface area contributed by atoms with Gasteiger partial charge in [0.15, 0.2) is 0 Å². The number of carbonyl (C=O) groups excluding carboxylic acids is 1. The zero-order valence-electron chi connectivity index (χ0n) is 18.8. The lowest BCUT2D eigenvalue weighted by molar-refractivity contribution is 0.102. The van der Waals surface area contributed by atoms with E-state index in [1.54, 1.807) is 30.3 Å². The first-order valence-electron chi connectivity index (χ1n) is 10.8. The van der Waals surface area contributed by atoms with E-state index in [2.05, 4.69) is 12.2 Å². The first-order chi connectivity index (χ1) is 15.3. The van der Waals surface area contributed by atoms with Gasteiger partial charge in [0.1, 0.15) is 0 Å². The van der Waals surface area contributed by atoms with Gasteiger partial charge in [-0.05, 0) is 72.9 Å². The molecule has 0 saturated heterocycles. The first kappa shape index (κ1) is 23.5. The minimum atomic E-state index is -3.46. The molecule has 6 heteroatoms. The van der Waals surface area contributed by atoms with Gasteiger partial charge in [0.2, 0.25) is 10.0 Å². The van der Waals surface area contributed by atoms with Crippen LogP contribution in [0.25, 0.3) is 0 Å². The van der Waals surface area contributed by atoms with Crippen LogP contribution in [0, 0.1) is 6.92 Å². The van der Waals surface area contributed by atoms with Gasteiger partial charge in [-0.3, -0.25) is 9.10 Å². The Morgan fingerprint density at radius 1 is 0.938 bits per heavy atom. The molecule has 0 unspecified atom stereocenters. The third-order valence-corrected chi connectivity index (χ3v) is 6.40. The topological polar surface area (TPSA) is 66.5 Å². The highest BCUT2D eigenvalue weighted by Gasteiger charge is 2.18. The number of aryl methyl sites for hydroxylation is 2. The van der Waals surface area contributed by atoms with Crippen molar-refractivity contribution in [3.63, 3.8) is 0 Å². The number of hydrogen-bond donors (Lipinski definition) is 1. The summed E-state index contributed by atoms with van der Waals surface area (Å²) in [7, 11) is -3.46. The van der Waals surface area contributed by atoms with Crippen LogP contribution in [0.2, 0.25) is 0 Å². The predicted octanol–water partition coefficient (Wildman–Crippen LogP) is 5.56. The van der Waals surface area contributed by atoms with Gasteiger partial charge in [-0.1, -0.05) is 49.7 Å². The summed E-state index contributed by atoms with van der Waals surface area (Å²) in [6, 6.07) is 22.3. The maximum atomic E-state index is 12.6. The molecule has 3 rings (SSSR count). The lowest BCUT2D eigenvalue weighted by atomic mass is 10.1. The van der Waals surface area contributed by atoms with Crippen molar-refractivity contribution < 1.29 is 13.2 Å². The maximum Gasteiger partial charge on any atom is 0.255 e. The molecule has 1 amide bonds. The number of hydrogen-bond acceptors (Lipinski definition) is 3. The molecule has 3 aromatic rings. The van der Waals surface area contributed by atoms with E-state index >= 15 is 0 Å². The Labute approximate surface area is 191 Å². The van der Waals surface area contributed by atoms with E-state index in [9.17, 15) is 13.2 Å². The second-order valence-electron chi connectivity index (χ2n) is 8.06. The van der Waals surface area contributed by atoms with Crippen LogP contribution in [0.1, 0.15) is 46.8 Å². The van der Waals surface area contributed by atoms with Crippen molar-refractivity contribution in [3.8, 4) is 0 Å². The third-order valence-electron chi connectivity index (χ3n) is 5.26. The van der Waals surface area contributed by atoms with Crippen molar-refractivity contribution in [1.82, 2.24) is 0 Å². The van der Waals surface area contributed by atoms with Crippen LogP contribution in [0.5, 0.6) is 0 Å². The summed E-state index contributed by atoms with van der Waals surface area (Å²) in [6.45, 7) is 4.29. The second-order valence-corrected chi connectivity index (χ2v) is 9.97. The standard InChI is InChI=1S/C26H30N2O3S/c1-4-5-8-21-12-16-24(17-13-21)27-26(29)23-14-10-22(11-15-23)19-28(32(3,30)31)25-9-6-7-20(2)18-25/h6-7,9-18H,4-5,8,19H2,1-3H3,(H,27,29). The molecular formula is C26H30N2O3S. The van der Waals surface area contributed by atoms with E-state index < -0.39 is 10.0 Å². The Kier molecular flexibility index (Phi) is 7.70. The SMILES string of the molecule is CCCCc1ccc(NC(=O)c2ccc(CN(c3cccc(C)c3)S(C)(=O)=O)cc2)cc1. The van der Waals surface area contributed by atoms with Crippen molar-refractivity contribution in [2.45, 2.75) is 39.7 Å². The summed E-state index contributed by atoms with van der Waals surface area (Å²) in [6.07, 6.45) is 4.55. The zero-order chi connectivity index (χ0) is 23.1. The fraction of sp³-hybridized carbons (Fsp3) is 0.269. The van der Waals surface area contributed by atoms with Gasteiger partial charge in [0, 0.05) is 11.3 Å². The highest BCUT2D eigenvalue weighted by atomic mass is 32.2. The molecule has 0 heterocycles. The number of benzene rings is 3. The fourth-order valence-corrected chi connectivity index (χ4v) is 4.33. The highest BCUT2D eigenvalue weighted by Crippen LogP contribution is 2.22. The molecule has 0 aliphatic carbocycles. The molecule has 0 fully saturated rings. The molecule has 0 bridgehead atoms. The molecule has 0 radical (unpaired) electrons. The van der Waals surface area contributed by atoms with Gasteiger partial charge in [-0.15, -0.1) is 0 Å². The summed E-state index contributed by atoms with van der Waals surface area (Å²) in [5.41, 5.74) is 4.94. The lowest BCUT2D eigenvalue weighted by Gasteiger charge is -2.23. The smallest absolute Gasteiger partial charge is 0.255 e.